The van der Waals surface area contributed by atoms with Gasteiger partial charge in [0.2, 0.25) is 5.91 Å². The standard InChI is InChI=1S/C25H33N5O4/c1-4-17(2)23-26-18(3)22(15-19-5-7-21(8-6-19)30(32)33)24(27-23)28-10-12-29(13-11-28)25(31)20-9-14-34-16-20/h5-8,17,20H,4,9-16H2,1-3H3/t17-,20+/m0/s1. The number of rotatable bonds is 7. The van der Waals surface area contributed by atoms with Gasteiger partial charge in [-0.3, -0.25) is 14.9 Å². The lowest BCUT2D eigenvalue weighted by Gasteiger charge is -2.37. The summed E-state index contributed by atoms with van der Waals surface area (Å²) in [7, 11) is 0. The van der Waals surface area contributed by atoms with Crippen LogP contribution in [0, 0.1) is 23.0 Å². The molecule has 1 amide bonds. The van der Waals surface area contributed by atoms with Crippen molar-refractivity contribution >= 4 is 17.4 Å². The summed E-state index contributed by atoms with van der Waals surface area (Å²) in [6.45, 7) is 10.2. The van der Waals surface area contributed by atoms with Crippen molar-refractivity contribution in [3.63, 3.8) is 0 Å². The first-order valence-electron chi connectivity index (χ1n) is 12.1. The first-order chi connectivity index (χ1) is 16.4. The van der Waals surface area contributed by atoms with Crippen molar-refractivity contribution < 1.29 is 14.5 Å². The summed E-state index contributed by atoms with van der Waals surface area (Å²) in [6, 6.07) is 6.67. The van der Waals surface area contributed by atoms with Gasteiger partial charge in [-0.05, 0) is 25.3 Å². The number of nitrogens with zero attached hydrogens (tertiary/aromatic N) is 5. The number of hydrogen-bond acceptors (Lipinski definition) is 7. The number of nitro benzene ring substituents is 1. The van der Waals surface area contributed by atoms with E-state index in [9.17, 15) is 14.9 Å². The number of amides is 1. The van der Waals surface area contributed by atoms with Crippen molar-refractivity contribution in [1.29, 1.82) is 0 Å². The molecule has 9 nitrogen and oxygen atoms in total. The Balaban J connectivity index is 1.57. The van der Waals surface area contributed by atoms with E-state index in [2.05, 4.69) is 18.7 Å². The van der Waals surface area contributed by atoms with Gasteiger partial charge in [0, 0.05) is 68.5 Å². The third-order valence-corrected chi connectivity index (χ3v) is 6.96. The number of carbonyl (C=O) groups is 1. The fraction of sp³-hybridized carbons (Fsp3) is 0.560. The zero-order chi connectivity index (χ0) is 24.2. The van der Waals surface area contributed by atoms with Crippen molar-refractivity contribution in [1.82, 2.24) is 14.9 Å². The Hall–Kier alpha value is -3.07. The van der Waals surface area contributed by atoms with E-state index < -0.39 is 0 Å². The molecule has 0 radical (unpaired) electrons. The number of aryl methyl sites for hydroxylation is 1. The minimum atomic E-state index is -0.386. The normalized spacial score (nSPS) is 19.3. The molecule has 1 aromatic carbocycles. The van der Waals surface area contributed by atoms with Gasteiger partial charge in [0.1, 0.15) is 11.6 Å². The molecule has 0 bridgehead atoms. The molecule has 2 saturated heterocycles. The summed E-state index contributed by atoms with van der Waals surface area (Å²) in [4.78, 5) is 37.5. The molecule has 34 heavy (non-hydrogen) atoms. The second-order valence-electron chi connectivity index (χ2n) is 9.25. The number of non-ortho nitro benzene ring substituents is 1. The lowest BCUT2D eigenvalue weighted by Crippen LogP contribution is -2.51. The molecule has 4 rings (SSSR count). The highest BCUT2D eigenvalue weighted by Crippen LogP contribution is 2.29. The Morgan fingerprint density at radius 1 is 1.21 bits per heavy atom. The summed E-state index contributed by atoms with van der Waals surface area (Å²) in [5, 5.41) is 11.0. The van der Waals surface area contributed by atoms with Crippen LogP contribution in [-0.4, -0.2) is 65.1 Å². The first kappa shape index (κ1) is 24.1. The van der Waals surface area contributed by atoms with Crippen LogP contribution in [0.2, 0.25) is 0 Å². The topological polar surface area (TPSA) is 102 Å². The smallest absolute Gasteiger partial charge is 0.269 e. The summed E-state index contributed by atoms with van der Waals surface area (Å²) in [6.07, 6.45) is 2.35. The SMILES string of the molecule is CC[C@H](C)c1nc(C)c(Cc2ccc([N+](=O)[O-])cc2)c(N2CCN(C(=O)[C@@H]3CCOC3)CC2)n1. The van der Waals surface area contributed by atoms with E-state index in [1.54, 1.807) is 12.1 Å². The molecule has 0 aliphatic carbocycles. The summed E-state index contributed by atoms with van der Waals surface area (Å²) >= 11 is 0. The quantitative estimate of drug-likeness (QED) is 0.454. The van der Waals surface area contributed by atoms with Gasteiger partial charge < -0.3 is 14.5 Å². The van der Waals surface area contributed by atoms with Gasteiger partial charge in [0.25, 0.3) is 5.69 Å². The summed E-state index contributed by atoms with van der Waals surface area (Å²) in [5.41, 5.74) is 3.02. The molecule has 2 aliphatic heterocycles. The lowest BCUT2D eigenvalue weighted by atomic mass is 10.0. The predicted molar refractivity (Wildman–Crippen MR) is 129 cm³/mol. The van der Waals surface area contributed by atoms with E-state index in [-0.39, 0.29) is 28.4 Å². The largest absolute Gasteiger partial charge is 0.381 e. The highest BCUT2D eigenvalue weighted by atomic mass is 16.6. The Bertz CT molecular complexity index is 1030. The monoisotopic (exact) mass is 467 g/mol. The van der Waals surface area contributed by atoms with Crippen LogP contribution in [0.1, 0.15) is 55.3 Å². The van der Waals surface area contributed by atoms with Crippen LogP contribution in [0.4, 0.5) is 11.5 Å². The molecule has 2 fully saturated rings. The number of ether oxygens (including phenoxy) is 1. The molecule has 0 N–H and O–H groups in total. The number of nitro groups is 1. The van der Waals surface area contributed by atoms with Gasteiger partial charge in [-0.2, -0.15) is 0 Å². The molecule has 2 aromatic rings. The van der Waals surface area contributed by atoms with Crippen LogP contribution < -0.4 is 4.90 Å². The summed E-state index contributed by atoms with van der Waals surface area (Å²) in [5.74, 6) is 2.18. The van der Waals surface area contributed by atoms with Crippen molar-refractivity contribution in [2.45, 2.75) is 46.0 Å². The van der Waals surface area contributed by atoms with Gasteiger partial charge in [-0.25, -0.2) is 9.97 Å². The average molecular weight is 468 g/mol. The predicted octanol–water partition coefficient (Wildman–Crippen LogP) is 3.48. The Kier molecular flexibility index (Phi) is 7.41. The van der Waals surface area contributed by atoms with E-state index in [1.807, 2.05) is 11.8 Å². The van der Waals surface area contributed by atoms with Gasteiger partial charge in [0.15, 0.2) is 0 Å². The number of carbonyl (C=O) groups excluding carboxylic acids is 1. The maximum atomic E-state index is 12.8. The fourth-order valence-electron chi connectivity index (χ4n) is 4.54. The Labute approximate surface area is 200 Å². The minimum Gasteiger partial charge on any atom is -0.381 e. The van der Waals surface area contributed by atoms with Crippen molar-refractivity contribution in [3.05, 3.63) is 57.0 Å². The zero-order valence-corrected chi connectivity index (χ0v) is 20.2. The maximum absolute atomic E-state index is 12.8. The van der Waals surface area contributed by atoms with Gasteiger partial charge in [0.05, 0.1) is 17.4 Å². The number of aromatic nitrogens is 2. The second-order valence-corrected chi connectivity index (χ2v) is 9.25. The van der Waals surface area contributed by atoms with Crippen molar-refractivity contribution in [2.24, 2.45) is 5.92 Å². The van der Waals surface area contributed by atoms with Crippen LogP contribution >= 0.6 is 0 Å². The molecule has 182 valence electrons. The minimum absolute atomic E-state index is 0.0115. The molecular formula is C25H33N5O4. The van der Waals surface area contributed by atoms with Gasteiger partial charge >= 0.3 is 0 Å². The molecule has 0 unspecified atom stereocenters. The molecule has 2 atom stereocenters. The number of hydrogen-bond donors (Lipinski definition) is 0. The van der Waals surface area contributed by atoms with Gasteiger partial charge in [-0.1, -0.05) is 26.0 Å². The molecule has 3 heterocycles. The fourth-order valence-corrected chi connectivity index (χ4v) is 4.54. The van der Waals surface area contributed by atoms with Crippen molar-refractivity contribution in [3.8, 4) is 0 Å². The molecule has 0 spiro atoms. The van der Waals surface area contributed by atoms with Gasteiger partial charge in [-0.15, -0.1) is 0 Å². The van der Waals surface area contributed by atoms with Crippen LogP contribution in [0.5, 0.6) is 0 Å². The van der Waals surface area contributed by atoms with E-state index in [4.69, 9.17) is 14.7 Å². The highest BCUT2D eigenvalue weighted by Gasteiger charge is 2.31. The number of piperazine rings is 1. The third kappa shape index (κ3) is 5.19. The van der Waals surface area contributed by atoms with Crippen LogP contribution in [-0.2, 0) is 16.0 Å². The van der Waals surface area contributed by atoms with Crippen LogP contribution in [0.3, 0.4) is 0 Å². The molecule has 0 saturated carbocycles. The zero-order valence-electron chi connectivity index (χ0n) is 20.2. The van der Waals surface area contributed by atoms with E-state index in [1.165, 1.54) is 12.1 Å². The van der Waals surface area contributed by atoms with E-state index in [0.29, 0.717) is 45.8 Å². The third-order valence-electron chi connectivity index (χ3n) is 6.96. The van der Waals surface area contributed by atoms with Crippen LogP contribution in [0.15, 0.2) is 24.3 Å². The highest BCUT2D eigenvalue weighted by molar-refractivity contribution is 5.79. The number of benzene rings is 1. The lowest BCUT2D eigenvalue weighted by molar-refractivity contribution is -0.384. The molecular weight excluding hydrogens is 434 g/mol. The maximum Gasteiger partial charge on any atom is 0.269 e. The average Bonchev–Trinajstić information content (AvgIpc) is 3.39. The van der Waals surface area contributed by atoms with Crippen molar-refractivity contribution in [2.75, 3.05) is 44.3 Å². The van der Waals surface area contributed by atoms with Crippen LogP contribution in [0.25, 0.3) is 0 Å². The Morgan fingerprint density at radius 2 is 1.91 bits per heavy atom. The molecule has 1 aromatic heterocycles. The molecule has 2 aliphatic rings. The van der Waals surface area contributed by atoms with E-state index in [0.717, 1.165) is 41.3 Å². The Morgan fingerprint density at radius 3 is 2.50 bits per heavy atom. The number of anilines is 1. The summed E-state index contributed by atoms with van der Waals surface area (Å²) < 4.78 is 5.40. The van der Waals surface area contributed by atoms with E-state index >= 15 is 0 Å². The first-order valence-corrected chi connectivity index (χ1v) is 12.1. The molecule has 9 heteroatoms. The second kappa shape index (κ2) is 10.5.